The predicted octanol–water partition coefficient (Wildman–Crippen LogP) is 5.05. The Morgan fingerprint density at radius 3 is 2.44 bits per heavy atom. The molecule has 0 fully saturated rings. The summed E-state index contributed by atoms with van der Waals surface area (Å²) in [7, 11) is 0. The topological polar surface area (TPSA) is 30.2 Å². The number of rotatable bonds is 3. The molecule has 0 aliphatic heterocycles. The molecule has 0 saturated carbocycles. The average molecular weight is 357 g/mol. The van der Waals surface area contributed by atoms with Crippen molar-refractivity contribution >= 4 is 5.52 Å². The van der Waals surface area contributed by atoms with Crippen molar-refractivity contribution in [3.8, 4) is 11.4 Å². The van der Waals surface area contributed by atoms with Crippen LogP contribution in [0.3, 0.4) is 0 Å². The van der Waals surface area contributed by atoms with E-state index in [4.69, 9.17) is 4.98 Å². The van der Waals surface area contributed by atoms with Crippen LogP contribution in [0.15, 0.2) is 67.1 Å². The van der Waals surface area contributed by atoms with Gasteiger partial charge in [0.2, 0.25) is 0 Å². The van der Waals surface area contributed by atoms with Gasteiger partial charge in [0, 0.05) is 23.9 Å². The molecule has 2 heterocycles. The van der Waals surface area contributed by atoms with E-state index in [1.54, 1.807) is 18.3 Å². The summed E-state index contributed by atoms with van der Waals surface area (Å²) in [6.07, 6.45) is 7.75. The molecule has 1 aliphatic rings. The highest BCUT2D eigenvalue weighted by atomic mass is 19.1. The van der Waals surface area contributed by atoms with Crippen LogP contribution >= 0.6 is 0 Å². The third-order valence-corrected chi connectivity index (χ3v) is 5.80. The maximum Gasteiger partial charge on any atom is 0.144 e. The summed E-state index contributed by atoms with van der Waals surface area (Å²) in [5.41, 5.74) is 5.91. The maximum absolute atomic E-state index is 13.3. The van der Waals surface area contributed by atoms with Gasteiger partial charge in [-0.05, 0) is 54.2 Å². The van der Waals surface area contributed by atoms with E-state index in [2.05, 4.69) is 40.6 Å². The van der Waals surface area contributed by atoms with Crippen LogP contribution in [-0.4, -0.2) is 14.4 Å². The Labute approximate surface area is 157 Å². The summed E-state index contributed by atoms with van der Waals surface area (Å²) < 4.78 is 15.4. The van der Waals surface area contributed by atoms with Crippen molar-refractivity contribution in [2.75, 3.05) is 0 Å². The quantitative estimate of drug-likeness (QED) is 0.513. The molecule has 1 aliphatic carbocycles. The second-order valence-corrected chi connectivity index (χ2v) is 7.38. The number of fused-ring (bicyclic) bond motifs is 2. The van der Waals surface area contributed by atoms with Crippen molar-refractivity contribution in [3.05, 3.63) is 89.8 Å². The molecule has 134 valence electrons. The summed E-state index contributed by atoms with van der Waals surface area (Å²) in [5.74, 6) is 1.44. The van der Waals surface area contributed by atoms with E-state index >= 15 is 0 Å². The highest BCUT2D eigenvalue weighted by Crippen LogP contribution is 2.38. The first-order chi connectivity index (χ1) is 13.2. The fraction of sp³-hybridized carbons (Fsp3) is 0.217. The number of aromatic nitrogens is 3. The first-order valence-corrected chi connectivity index (χ1v) is 9.35. The third-order valence-electron chi connectivity index (χ3n) is 5.80. The molecule has 2 aromatic heterocycles. The summed E-state index contributed by atoms with van der Waals surface area (Å²) in [5, 5.41) is 0. The molecule has 4 heteroatoms. The first-order valence-electron chi connectivity index (χ1n) is 9.35. The molecule has 2 aromatic carbocycles. The van der Waals surface area contributed by atoms with Crippen LogP contribution in [-0.2, 0) is 12.8 Å². The minimum absolute atomic E-state index is 0.237. The second-order valence-electron chi connectivity index (χ2n) is 7.38. The summed E-state index contributed by atoms with van der Waals surface area (Å²) in [4.78, 5) is 9.32. The zero-order chi connectivity index (χ0) is 18.4. The van der Waals surface area contributed by atoms with Gasteiger partial charge in [-0.25, -0.2) is 9.37 Å². The lowest BCUT2D eigenvalue weighted by molar-refractivity contribution is 0.465. The normalized spacial score (nSPS) is 15.2. The number of hydrogen-bond donors (Lipinski definition) is 0. The van der Waals surface area contributed by atoms with Gasteiger partial charge >= 0.3 is 0 Å². The van der Waals surface area contributed by atoms with Crippen LogP contribution in [0.2, 0.25) is 0 Å². The monoisotopic (exact) mass is 357 g/mol. The smallest absolute Gasteiger partial charge is 0.144 e. The largest absolute Gasteiger partial charge is 0.296 e. The Morgan fingerprint density at radius 1 is 1.04 bits per heavy atom. The van der Waals surface area contributed by atoms with Gasteiger partial charge in [-0.15, -0.1) is 0 Å². The zero-order valence-corrected chi connectivity index (χ0v) is 15.1. The van der Waals surface area contributed by atoms with Gasteiger partial charge in [0.05, 0.1) is 17.4 Å². The molecular formula is C23H20FN3. The van der Waals surface area contributed by atoms with Crippen LogP contribution in [0.1, 0.15) is 29.7 Å². The molecular weight excluding hydrogens is 337 g/mol. The van der Waals surface area contributed by atoms with Gasteiger partial charge in [-0.2, -0.15) is 0 Å². The maximum atomic E-state index is 13.3. The number of nitrogens with zero attached hydrogens (tertiary/aromatic N) is 3. The molecule has 1 atom stereocenters. The molecule has 3 nitrogen and oxygen atoms in total. The van der Waals surface area contributed by atoms with Gasteiger partial charge in [-0.1, -0.05) is 31.2 Å². The lowest BCUT2D eigenvalue weighted by atomic mass is 9.88. The molecule has 1 unspecified atom stereocenters. The van der Waals surface area contributed by atoms with Crippen molar-refractivity contribution in [3.63, 3.8) is 0 Å². The first kappa shape index (κ1) is 16.2. The summed E-state index contributed by atoms with van der Waals surface area (Å²) in [6, 6.07) is 15.2. The standard InChI is InChI=1S/C23H20FN3/c1-15(19-12-17-4-2-3-5-18(17)13-19)22-21-14-25-10-11-27(21)23(26-22)16-6-8-20(24)9-7-16/h2-11,14-15,19H,12-13H2,1H3. The summed E-state index contributed by atoms with van der Waals surface area (Å²) >= 11 is 0. The molecule has 4 aromatic rings. The van der Waals surface area contributed by atoms with E-state index in [-0.39, 0.29) is 5.82 Å². The average Bonchev–Trinajstić information content (AvgIpc) is 3.30. The minimum Gasteiger partial charge on any atom is -0.296 e. The fourth-order valence-corrected chi connectivity index (χ4v) is 4.27. The van der Waals surface area contributed by atoms with E-state index in [0.717, 1.165) is 35.4 Å². The number of halogens is 1. The lowest BCUT2D eigenvalue weighted by Gasteiger charge is -2.17. The third kappa shape index (κ3) is 2.72. The molecule has 0 radical (unpaired) electrons. The highest BCUT2D eigenvalue weighted by molar-refractivity contribution is 5.65. The van der Waals surface area contributed by atoms with Crippen LogP contribution in [0.25, 0.3) is 16.9 Å². The Kier molecular flexibility index (Phi) is 3.78. The zero-order valence-electron chi connectivity index (χ0n) is 15.1. The van der Waals surface area contributed by atoms with Crippen LogP contribution in [0.4, 0.5) is 4.39 Å². The summed E-state index contributed by atoms with van der Waals surface area (Å²) in [6.45, 7) is 2.26. The number of benzene rings is 2. The molecule has 0 N–H and O–H groups in total. The van der Waals surface area contributed by atoms with E-state index in [1.165, 1.54) is 23.3 Å². The van der Waals surface area contributed by atoms with Crippen molar-refractivity contribution < 1.29 is 4.39 Å². The lowest BCUT2D eigenvalue weighted by Crippen LogP contribution is -2.11. The van der Waals surface area contributed by atoms with Crippen LogP contribution < -0.4 is 0 Å². The number of hydrogen-bond acceptors (Lipinski definition) is 2. The molecule has 5 rings (SSSR count). The predicted molar refractivity (Wildman–Crippen MR) is 104 cm³/mol. The minimum atomic E-state index is -0.237. The molecule has 0 saturated heterocycles. The Hall–Kier alpha value is -3.01. The van der Waals surface area contributed by atoms with Gasteiger partial charge in [0.1, 0.15) is 11.6 Å². The Bertz CT molecular complexity index is 1090. The van der Waals surface area contributed by atoms with Crippen molar-refractivity contribution in [1.29, 1.82) is 0 Å². The van der Waals surface area contributed by atoms with Crippen molar-refractivity contribution in [2.45, 2.75) is 25.7 Å². The van der Waals surface area contributed by atoms with Crippen LogP contribution in [0, 0.1) is 11.7 Å². The Balaban J connectivity index is 1.57. The van der Waals surface area contributed by atoms with Crippen molar-refractivity contribution in [2.24, 2.45) is 5.92 Å². The molecule has 0 spiro atoms. The van der Waals surface area contributed by atoms with E-state index < -0.39 is 0 Å². The van der Waals surface area contributed by atoms with Gasteiger partial charge in [-0.3, -0.25) is 9.38 Å². The van der Waals surface area contributed by atoms with E-state index in [0.29, 0.717) is 11.8 Å². The van der Waals surface area contributed by atoms with E-state index in [1.807, 2.05) is 12.4 Å². The van der Waals surface area contributed by atoms with E-state index in [9.17, 15) is 4.39 Å². The second kappa shape index (κ2) is 6.31. The SMILES string of the molecule is CC(c1nc(-c2ccc(F)cc2)n2ccncc12)C1Cc2ccccc2C1. The van der Waals surface area contributed by atoms with Gasteiger partial charge < -0.3 is 0 Å². The van der Waals surface area contributed by atoms with Crippen LogP contribution in [0.5, 0.6) is 0 Å². The van der Waals surface area contributed by atoms with Gasteiger partial charge in [0.25, 0.3) is 0 Å². The molecule has 0 bridgehead atoms. The fourth-order valence-electron chi connectivity index (χ4n) is 4.27. The van der Waals surface area contributed by atoms with Crippen molar-refractivity contribution in [1.82, 2.24) is 14.4 Å². The highest BCUT2D eigenvalue weighted by Gasteiger charge is 2.30. The van der Waals surface area contributed by atoms with Gasteiger partial charge in [0.15, 0.2) is 0 Å². The molecule has 0 amide bonds. The Morgan fingerprint density at radius 2 is 1.74 bits per heavy atom. The number of imidazole rings is 1. The molecule has 27 heavy (non-hydrogen) atoms.